The first-order valence-corrected chi connectivity index (χ1v) is 6.87. The minimum Gasteiger partial charge on any atom is -0.382 e. The van der Waals surface area contributed by atoms with Crippen LogP contribution in [0.5, 0.6) is 0 Å². The van der Waals surface area contributed by atoms with E-state index >= 15 is 0 Å². The van der Waals surface area contributed by atoms with Crippen LogP contribution in [0.25, 0.3) is 0 Å². The quantitative estimate of drug-likeness (QED) is 0.639. The van der Waals surface area contributed by atoms with E-state index in [1.165, 1.54) is 0 Å². The zero-order valence-electron chi connectivity index (χ0n) is 11.8. The first kappa shape index (κ1) is 16.3. The molecule has 0 aromatic rings. The lowest BCUT2D eigenvalue weighted by Crippen LogP contribution is -2.50. The van der Waals surface area contributed by atoms with Crippen molar-refractivity contribution >= 4 is 5.91 Å². The minimum absolute atomic E-state index is 0.0577. The fraction of sp³-hybridized carbons (Fsp3) is 0.923. The van der Waals surface area contributed by atoms with Gasteiger partial charge >= 0.3 is 0 Å². The van der Waals surface area contributed by atoms with E-state index in [1.807, 2.05) is 0 Å². The topological polar surface area (TPSA) is 59.6 Å². The molecular weight excluding hydrogens is 251 g/mol. The zero-order chi connectivity index (χ0) is 14.1. The third kappa shape index (κ3) is 6.31. The van der Waals surface area contributed by atoms with Gasteiger partial charge in [0.2, 0.25) is 5.91 Å². The fourth-order valence-electron chi connectivity index (χ4n) is 2.04. The number of hydrogen-bond acceptors (Lipinski definition) is 4. The highest BCUT2D eigenvalue weighted by atomic mass is 19.1. The van der Waals surface area contributed by atoms with Crippen molar-refractivity contribution in [3.05, 3.63) is 0 Å². The Morgan fingerprint density at radius 1 is 1.53 bits per heavy atom. The van der Waals surface area contributed by atoms with Gasteiger partial charge in [-0.3, -0.25) is 9.18 Å². The lowest BCUT2D eigenvalue weighted by atomic mass is 10.1. The molecule has 0 radical (unpaired) electrons. The number of methoxy groups -OCH3 is 1. The van der Waals surface area contributed by atoms with Crippen LogP contribution in [0.4, 0.5) is 4.39 Å². The number of halogens is 1. The first-order chi connectivity index (χ1) is 9.17. The fourth-order valence-corrected chi connectivity index (χ4v) is 2.04. The van der Waals surface area contributed by atoms with E-state index in [4.69, 9.17) is 9.47 Å². The maximum absolute atomic E-state index is 11.9. The average Bonchev–Trinajstić information content (AvgIpc) is 2.41. The van der Waals surface area contributed by atoms with Gasteiger partial charge in [-0.25, -0.2) is 0 Å². The van der Waals surface area contributed by atoms with Gasteiger partial charge in [0, 0.05) is 7.11 Å². The van der Waals surface area contributed by atoms with Crippen molar-refractivity contribution in [3.8, 4) is 0 Å². The normalized spacial score (nSPS) is 25.0. The molecule has 1 saturated heterocycles. The van der Waals surface area contributed by atoms with E-state index in [9.17, 15) is 9.18 Å². The Kier molecular flexibility index (Phi) is 7.93. The molecule has 1 rings (SSSR count). The van der Waals surface area contributed by atoms with Crippen LogP contribution < -0.4 is 10.6 Å². The number of carbonyl (C=O) groups excluding carboxylic acids is 1. The molecule has 6 heteroatoms. The number of amides is 1. The summed E-state index contributed by atoms with van der Waals surface area (Å²) in [5.41, 5.74) is 0. The summed E-state index contributed by atoms with van der Waals surface area (Å²) < 4.78 is 22.6. The number of nitrogens with one attached hydrogen (secondary N) is 2. The van der Waals surface area contributed by atoms with Gasteiger partial charge in [0.25, 0.3) is 0 Å². The summed E-state index contributed by atoms with van der Waals surface area (Å²) in [6.07, 6.45) is 2.36. The van der Waals surface area contributed by atoms with Crippen molar-refractivity contribution < 1.29 is 18.7 Å². The first-order valence-electron chi connectivity index (χ1n) is 6.87. The van der Waals surface area contributed by atoms with Gasteiger partial charge < -0.3 is 20.1 Å². The van der Waals surface area contributed by atoms with Crippen LogP contribution in [0.2, 0.25) is 0 Å². The van der Waals surface area contributed by atoms with E-state index in [1.54, 1.807) is 14.0 Å². The van der Waals surface area contributed by atoms with Crippen molar-refractivity contribution in [3.63, 3.8) is 0 Å². The highest BCUT2D eigenvalue weighted by Gasteiger charge is 2.24. The Labute approximate surface area is 114 Å². The molecule has 0 bridgehead atoms. The molecule has 19 heavy (non-hydrogen) atoms. The van der Waals surface area contributed by atoms with Gasteiger partial charge in [0.1, 0.15) is 0 Å². The molecule has 1 fully saturated rings. The summed E-state index contributed by atoms with van der Waals surface area (Å²) >= 11 is 0. The third-order valence-electron chi connectivity index (χ3n) is 3.22. The Morgan fingerprint density at radius 2 is 2.32 bits per heavy atom. The zero-order valence-corrected chi connectivity index (χ0v) is 11.8. The lowest BCUT2D eigenvalue weighted by molar-refractivity contribution is -0.125. The van der Waals surface area contributed by atoms with Gasteiger partial charge in [-0.1, -0.05) is 0 Å². The van der Waals surface area contributed by atoms with E-state index in [0.29, 0.717) is 26.2 Å². The Morgan fingerprint density at radius 3 is 2.89 bits per heavy atom. The highest BCUT2D eigenvalue weighted by molar-refractivity contribution is 5.81. The van der Waals surface area contributed by atoms with E-state index in [0.717, 1.165) is 12.8 Å². The van der Waals surface area contributed by atoms with Gasteiger partial charge in [0.15, 0.2) is 0 Å². The second-order valence-corrected chi connectivity index (χ2v) is 4.91. The predicted octanol–water partition coefficient (Wildman–Crippen LogP) is 0.634. The summed E-state index contributed by atoms with van der Waals surface area (Å²) in [6, 6.07) is -0.241. The van der Waals surface area contributed by atoms with E-state index in [-0.39, 0.29) is 30.8 Å². The molecule has 1 amide bonds. The molecule has 1 heterocycles. The monoisotopic (exact) mass is 276 g/mol. The molecular formula is C13H25FN2O3. The van der Waals surface area contributed by atoms with Crippen molar-refractivity contribution in [1.29, 1.82) is 0 Å². The minimum atomic E-state index is -0.362. The number of hydrogen-bond donors (Lipinski definition) is 2. The highest BCUT2D eigenvalue weighted by Crippen LogP contribution is 2.13. The maximum Gasteiger partial charge on any atom is 0.237 e. The summed E-state index contributed by atoms with van der Waals surface area (Å²) in [6.45, 7) is 3.06. The molecule has 1 unspecified atom stereocenters. The van der Waals surface area contributed by atoms with Crippen molar-refractivity contribution in [2.24, 2.45) is 0 Å². The molecule has 1 aliphatic rings. The molecule has 0 saturated carbocycles. The van der Waals surface area contributed by atoms with Crippen LogP contribution in [0.15, 0.2) is 0 Å². The third-order valence-corrected chi connectivity index (χ3v) is 3.22. The van der Waals surface area contributed by atoms with E-state index < -0.39 is 0 Å². The summed E-state index contributed by atoms with van der Waals surface area (Å²) in [5.74, 6) is -0.0577. The SMILES string of the molecule is COC[C@@H]1CCC(NC(=O)[C@@H](C)NCCCF)CO1. The van der Waals surface area contributed by atoms with Gasteiger partial charge in [0.05, 0.1) is 38.1 Å². The van der Waals surface area contributed by atoms with Crippen LogP contribution in [0.3, 0.4) is 0 Å². The van der Waals surface area contributed by atoms with Crippen molar-refractivity contribution in [2.75, 3.05) is 33.5 Å². The van der Waals surface area contributed by atoms with Crippen LogP contribution in [0.1, 0.15) is 26.2 Å². The van der Waals surface area contributed by atoms with Gasteiger partial charge in [-0.05, 0) is 32.7 Å². The Hall–Kier alpha value is -0.720. The second kappa shape index (κ2) is 9.23. The van der Waals surface area contributed by atoms with Crippen molar-refractivity contribution in [1.82, 2.24) is 10.6 Å². The molecule has 1 aliphatic heterocycles. The average molecular weight is 276 g/mol. The molecule has 0 aromatic heterocycles. The van der Waals surface area contributed by atoms with Crippen LogP contribution >= 0.6 is 0 Å². The molecule has 3 atom stereocenters. The summed E-state index contributed by atoms with van der Waals surface area (Å²) in [7, 11) is 1.65. The number of alkyl halides is 1. The van der Waals surface area contributed by atoms with Crippen LogP contribution in [-0.2, 0) is 14.3 Å². The molecule has 0 aromatic carbocycles. The molecule has 0 aliphatic carbocycles. The molecule has 112 valence electrons. The van der Waals surface area contributed by atoms with Gasteiger partial charge in [-0.2, -0.15) is 0 Å². The number of rotatable bonds is 8. The second-order valence-electron chi connectivity index (χ2n) is 4.91. The maximum atomic E-state index is 11.9. The van der Waals surface area contributed by atoms with Crippen LogP contribution in [0, 0.1) is 0 Å². The lowest BCUT2D eigenvalue weighted by Gasteiger charge is -2.30. The summed E-state index contributed by atoms with van der Waals surface area (Å²) in [5, 5.41) is 5.94. The molecule has 0 spiro atoms. The smallest absolute Gasteiger partial charge is 0.237 e. The number of carbonyl (C=O) groups is 1. The van der Waals surface area contributed by atoms with Crippen molar-refractivity contribution in [2.45, 2.75) is 44.4 Å². The Balaban J connectivity index is 2.18. The van der Waals surface area contributed by atoms with Gasteiger partial charge in [-0.15, -0.1) is 0 Å². The molecule has 2 N–H and O–H groups in total. The number of ether oxygens (including phenoxy) is 2. The standard InChI is InChI=1S/C13H25FN2O3/c1-10(15-7-3-6-14)13(17)16-11-4-5-12(9-18-2)19-8-11/h10-12,15H,3-9H2,1-2H3,(H,16,17)/t10-,11?,12+/m1/s1. The predicted molar refractivity (Wildman–Crippen MR) is 70.8 cm³/mol. The van der Waals surface area contributed by atoms with Crippen LogP contribution in [-0.4, -0.2) is 57.6 Å². The largest absolute Gasteiger partial charge is 0.382 e. The summed E-state index contributed by atoms with van der Waals surface area (Å²) in [4.78, 5) is 11.9. The van der Waals surface area contributed by atoms with E-state index in [2.05, 4.69) is 10.6 Å². The Bertz CT molecular complexity index is 258. The molecule has 5 nitrogen and oxygen atoms in total.